The van der Waals surface area contributed by atoms with E-state index in [2.05, 4.69) is 57.8 Å². The summed E-state index contributed by atoms with van der Waals surface area (Å²) in [7, 11) is 2.50. The Kier molecular flexibility index (Phi) is 30.3. The number of amides is 10. The van der Waals surface area contributed by atoms with Crippen molar-refractivity contribution >= 4 is 92.6 Å². The standard InChI is InChI=1S/C56H87N17O11S2/c1-4-84-36-19-17-35(18-20-36)28-39-49(79)70-40(27-34-13-7-5-8-14-34)51(81)73-46(33(2)3)53(83)71-41(29-43(58)74)50(80)72-42(32-85-86-56(30-44(75)68-39)21-9-6-10-22-56)52(82)69-38(16-12-24-66-55(61)62)48(78)67-31-45(76)63-25-26-64-47(77)37(57)15-11-23-65-54(59)60/h5,7-8,13-14,17-20,33,37-42,46H,4,6,9-12,15-16,21-32,57H2,1-3H3,(H2,58,74)(H,63,76)(H,64,77)(H,67,78)(H,68,75)(H,69,82)(H,70,79)(H,71,83)(H,72,80)(H,73,81)(H4,59,60,65)(H4,61,62,66)/t37-,38-,39+,40-,41-,42-,46-/m0/s1. The normalized spacial score (nSPS) is 20.4. The molecule has 1 aliphatic heterocycles. The van der Waals surface area contributed by atoms with Crippen LogP contribution in [0, 0.1) is 5.92 Å². The van der Waals surface area contributed by atoms with Gasteiger partial charge in [-0.25, -0.2) is 0 Å². The molecule has 2 aromatic rings. The molecule has 1 heterocycles. The average Bonchev–Trinajstić information content (AvgIpc) is 3.64. The maximum Gasteiger partial charge on any atom is 0.244 e. The summed E-state index contributed by atoms with van der Waals surface area (Å²) in [5.74, 6) is -8.13. The number of nitrogens with zero attached hydrogens (tertiary/aromatic N) is 2. The highest BCUT2D eigenvalue weighted by atomic mass is 33.1. The van der Waals surface area contributed by atoms with Gasteiger partial charge in [-0.3, -0.25) is 57.9 Å². The molecule has 1 saturated heterocycles. The van der Waals surface area contributed by atoms with Crippen molar-refractivity contribution in [2.24, 2.45) is 50.3 Å². The molecular formula is C56H87N17O11S2. The highest BCUT2D eigenvalue weighted by Gasteiger charge is 2.40. The van der Waals surface area contributed by atoms with E-state index in [1.165, 1.54) is 21.6 Å². The predicted octanol–water partition coefficient (Wildman–Crippen LogP) is -2.42. The van der Waals surface area contributed by atoms with Crippen LogP contribution in [0.15, 0.2) is 64.6 Å². The minimum atomic E-state index is -1.70. The van der Waals surface area contributed by atoms with Gasteiger partial charge in [-0.2, -0.15) is 0 Å². The summed E-state index contributed by atoms with van der Waals surface area (Å²) in [6, 6.07) is 6.68. The predicted molar refractivity (Wildman–Crippen MR) is 329 cm³/mol. The van der Waals surface area contributed by atoms with Crippen molar-refractivity contribution in [2.45, 2.75) is 151 Å². The van der Waals surface area contributed by atoms with Gasteiger partial charge in [0.15, 0.2) is 11.9 Å². The fraction of sp³-hybridized carbons (Fsp3) is 0.571. The Morgan fingerprint density at radius 2 is 1.27 bits per heavy atom. The van der Waals surface area contributed by atoms with Crippen LogP contribution in [0.5, 0.6) is 5.75 Å². The number of carbonyl (C=O) groups is 10. The van der Waals surface area contributed by atoms with Crippen LogP contribution in [0.4, 0.5) is 0 Å². The van der Waals surface area contributed by atoms with Gasteiger partial charge in [0.1, 0.15) is 42.0 Å². The Morgan fingerprint density at radius 1 is 0.686 bits per heavy atom. The lowest BCUT2D eigenvalue weighted by molar-refractivity contribution is -0.136. The number of nitrogens with one attached hydrogen (secondary N) is 9. The molecule has 1 spiro atoms. The van der Waals surface area contributed by atoms with Crippen molar-refractivity contribution in [1.82, 2.24) is 47.9 Å². The minimum absolute atomic E-state index is 0.0143. The number of benzene rings is 2. The number of guanidine groups is 2. The Balaban J connectivity index is 1.67. The number of ether oxygens (including phenoxy) is 1. The largest absolute Gasteiger partial charge is 0.494 e. The number of carbonyl (C=O) groups excluding carboxylic acids is 10. The van der Waals surface area contributed by atoms with E-state index < -0.39 is 125 Å². The molecule has 2 aliphatic rings. The summed E-state index contributed by atoms with van der Waals surface area (Å²) in [5.41, 5.74) is 34.7. The highest BCUT2D eigenvalue weighted by Crippen LogP contribution is 2.48. The number of aliphatic imine (C=N–C) groups is 2. The van der Waals surface area contributed by atoms with E-state index in [0.29, 0.717) is 55.7 Å². The van der Waals surface area contributed by atoms with E-state index in [1.807, 2.05) is 6.92 Å². The Morgan fingerprint density at radius 3 is 1.88 bits per heavy atom. The van der Waals surface area contributed by atoms with Crippen LogP contribution >= 0.6 is 21.6 Å². The van der Waals surface area contributed by atoms with E-state index in [9.17, 15) is 47.9 Å². The second kappa shape index (κ2) is 36.9. The third kappa shape index (κ3) is 25.8. The molecule has 474 valence electrons. The van der Waals surface area contributed by atoms with E-state index in [0.717, 1.165) is 19.3 Å². The van der Waals surface area contributed by atoms with Gasteiger partial charge in [0.2, 0.25) is 59.1 Å². The lowest BCUT2D eigenvalue weighted by Gasteiger charge is -2.36. The molecule has 1 saturated carbocycles. The molecule has 28 nitrogen and oxygen atoms in total. The summed E-state index contributed by atoms with van der Waals surface area (Å²) in [5, 5.41) is 24.1. The lowest BCUT2D eigenvalue weighted by atomic mass is 9.85. The van der Waals surface area contributed by atoms with Crippen molar-refractivity contribution in [2.75, 3.05) is 45.1 Å². The van der Waals surface area contributed by atoms with Crippen LogP contribution in [0.25, 0.3) is 0 Å². The number of nitrogens with two attached hydrogens (primary N) is 6. The molecule has 0 radical (unpaired) electrons. The van der Waals surface area contributed by atoms with Crippen molar-refractivity contribution in [3.8, 4) is 5.75 Å². The monoisotopic (exact) mass is 1240 g/mol. The van der Waals surface area contributed by atoms with Gasteiger partial charge < -0.3 is 87.0 Å². The van der Waals surface area contributed by atoms with Crippen LogP contribution in [-0.4, -0.2) is 163 Å². The summed E-state index contributed by atoms with van der Waals surface area (Å²) in [6.45, 7) is 5.33. The third-order valence-corrected chi connectivity index (χ3v) is 17.2. The van der Waals surface area contributed by atoms with E-state index in [4.69, 9.17) is 39.1 Å². The maximum atomic E-state index is 14.7. The van der Waals surface area contributed by atoms with E-state index >= 15 is 0 Å². The van der Waals surface area contributed by atoms with Crippen molar-refractivity contribution in [3.05, 3.63) is 65.7 Å². The zero-order chi connectivity index (χ0) is 63.2. The first-order valence-electron chi connectivity index (χ1n) is 28.8. The molecule has 0 aromatic heterocycles. The molecule has 30 heteroatoms. The van der Waals surface area contributed by atoms with E-state index in [-0.39, 0.29) is 69.4 Å². The first-order chi connectivity index (χ1) is 41.0. The van der Waals surface area contributed by atoms with Crippen LogP contribution in [0.3, 0.4) is 0 Å². The zero-order valence-electron chi connectivity index (χ0n) is 49.1. The molecule has 0 unspecified atom stereocenters. The van der Waals surface area contributed by atoms with Crippen LogP contribution in [-0.2, 0) is 60.8 Å². The minimum Gasteiger partial charge on any atom is -0.494 e. The van der Waals surface area contributed by atoms with Crippen LogP contribution < -0.4 is 87.0 Å². The smallest absolute Gasteiger partial charge is 0.244 e. The molecule has 2 aromatic carbocycles. The SMILES string of the molecule is CCOc1ccc(C[C@H]2NC(=O)CC3(CCCCC3)SSC[C@@H](C(=O)N[C@@H](CCCN=C(N)N)C(=O)NCC(=O)NCCNC(=O)[C@@H](N)CCCN=C(N)N)NC(=O)[C@H](CC(N)=O)NC(=O)[C@H](C(C)C)NC(=O)[C@H](Cc3ccccc3)NC2=O)cc1. The second-order valence-corrected chi connectivity index (χ2v) is 24.2. The zero-order valence-corrected chi connectivity index (χ0v) is 50.8. The maximum absolute atomic E-state index is 14.7. The summed E-state index contributed by atoms with van der Waals surface area (Å²) in [6.07, 6.45) is 3.57. The lowest BCUT2D eigenvalue weighted by Crippen LogP contribution is -2.61. The van der Waals surface area contributed by atoms with Crippen LogP contribution in [0.2, 0.25) is 0 Å². The second-order valence-electron chi connectivity index (χ2n) is 21.4. The number of hydrogen-bond acceptors (Lipinski definition) is 16. The van der Waals surface area contributed by atoms with Gasteiger partial charge in [0, 0.05) is 55.9 Å². The van der Waals surface area contributed by atoms with Gasteiger partial charge in [-0.1, -0.05) is 97.2 Å². The Hall–Kier alpha value is -7.86. The first-order valence-corrected chi connectivity index (χ1v) is 31.1. The number of hydrogen-bond donors (Lipinski definition) is 15. The van der Waals surface area contributed by atoms with Gasteiger partial charge >= 0.3 is 0 Å². The summed E-state index contributed by atoms with van der Waals surface area (Å²) < 4.78 is 4.89. The summed E-state index contributed by atoms with van der Waals surface area (Å²) in [4.78, 5) is 147. The third-order valence-electron chi connectivity index (χ3n) is 13.9. The Bertz CT molecular complexity index is 2660. The molecule has 4 rings (SSSR count). The molecule has 21 N–H and O–H groups in total. The van der Waals surface area contributed by atoms with Crippen molar-refractivity contribution in [1.29, 1.82) is 0 Å². The van der Waals surface area contributed by atoms with Crippen molar-refractivity contribution < 1.29 is 52.7 Å². The average molecular weight is 1240 g/mol. The van der Waals surface area contributed by atoms with Gasteiger partial charge in [-0.05, 0) is 74.6 Å². The number of rotatable bonds is 26. The molecule has 0 bridgehead atoms. The first kappa shape index (κ1) is 70.6. The molecule has 86 heavy (non-hydrogen) atoms. The van der Waals surface area contributed by atoms with Gasteiger partial charge in [0.05, 0.1) is 25.6 Å². The summed E-state index contributed by atoms with van der Waals surface area (Å²) >= 11 is 0. The molecule has 7 atom stereocenters. The Labute approximate surface area is 509 Å². The molecule has 2 fully saturated rings. The quantitative estimate of drug-likeness (QED) is 0.0202. The molecule has 1 aliphatic carbocycles. The fourth-order valence-corrected chi connectivity index (χ4v) is 12.8. The topological polar surface area (TPSA) is 469 Å². The van der Waals surface area contributed by atoms with Gasteiger partial charge in [0.25, 0.3) is 0 Å². The van der Waals surface area contributed by atoms with Gasteiger partial charge in [-0.15, -0.1) is 0 Å². The number of primary amides is 1. The van der Waals surface area contributed by atoms with Crippen LogP contribution in [0.1, 0.15) is 103 Å². The molecular weight excluding hydrogens is 1150 g/mol. The highest BCUT2D eigenvalue weighted by molar-refractivity contribution is 8.77. The van der Waals surface area contributed by atoms with Crippen molar-refractivity contribution in [3.63, 3.8) is 0 Å². The van der Waals surface area contributed by atoms with E-state index in [1.54, 1.807) is 68.4 Å². The molecule has 10 amide bonds. The fourth-order valence-electron chi connectivity index (χ4n) is 9.40.